The molecule has 1 heterocycles. The summed E-state index contributed by atoms with van der Waals surface area (Å²) >= 11 is 0. The molecule has 0 spiro atoms. The number of fused-ring (bicyclic) bond motifs is 1. The van der Waals surface area contributed by atoms with E-state index in [0.717, 1.165) is 17.8 Å². The van der Waals surface area contributed by atoms with Gasteiger partial charge in [-0.25, -0.2) is 9.97 Å². The standard InChI is InChI=1S/C16H17N2/c1-2-12-10-17-16(18-11-12)15-8-7-13-5-3-4-6-14(13)9-15/h6-11H,2-5H2,1H3. The maximum absolute atomic E-state index is 4.44. The molecule has 1 aromatic heterocycles. The van der Waals surface area contributed by atoms with E-state index < -0.39 is 0 Å². The molecular weight excluding hydrogens is 220 g/mol. The van der Waals surface area contributed by atoms with Crippen molar-refractivity contribution in [2.45, 2.75) is 32.6 Å². The summed E-state index contributed by atoms with van der Waals surface area (Å²) in [6.07, 6.45) is 10.8. The molecule has 0 unspecified atom stereocenters. The molecule has 0 fully saturated rings. The van der Waals surface area contributed by atoms with Crippen LogP contribution in [0, 0.1) is 6.42 Å². The number of hydrogen-bond donors (Lipinski definition) is 0. The smallest absolute Gasteiger partial charge is 0.159 e. The van der Waals surface area contributed by atoms with E-state index in [2.05, 4.69) is 41.5 Å². The highest BCUT2D eigenvalue weighted by atomic mass is 14.9. The van der Waals surface area contributed by atoms with Crippen LogP contribution in [0.2, 0.25) is 0 Å². The van der Waals surface area contributed by atoms with Crippen molar-refractivity contribution in [3.8, 4) is 11.4 Å². The highest BCUT2D eigenvalue weighted by molar-refractivity contribution is 5.58. The summed E-state index contributed by atoms with van der Waals surface area (Å²) in [7, 11) is 0. The quantitative estimate of drug-likeness (QED) is 0.797. The summed E-state index contributed by atoms with van der Waals surface area (Å²) in [4.78, 5) is 8.89. The van der Waals surface area contributed by atoms with Gasteiger partial charge in [0.25, 0.3) is 0 Å². The van der Waals surface area contributed by atoms with E-state index in [1.165, 1.54) is 36.0 Å². The fraction of sp³-hybridized carbons (Fsp3) is 0.312. The summed E-state index contributed by atoms with van der Waals surface area (Å²) in [6, 6.07) is 6.58. The Hall–Kier alpha value is -1.70. The molecule has 3 rings (SSSR count). The van der Waals surface area contributed by atoms with Gasteiger partial charge in [-0.2, -0.15) is 0 Å². The van der Waals surface area contributed by atoms with E-state index >= 15 is 0 Å². The topological polar surface area (TPSA) is 25.8 Å². The minimum Gasteiger partial charge on any atom is -0.236 e. The fourth-order valence-electron chi connectivity index (χ4n) is 2.39. The predicted molar refractivity (Wildman–Crippen MR) is 73.2 cm³/mol. The van der Waals surface area contributed by atoms with Gasteiger partial charge in [-0.1, -0.05) is 19.1 Å². The Balaban J connectivity index is 1.95. The van der Waals surface area contributed by atoms with Gasteiger partial charge in [0.1, 0.15) is 0 Å². The second-order valence-corrected chi connectivity index (χ2v) is 4.78. The zero-order valence-corrected chi connectivity index (χ0v) is 10.7. The number of rotatable bonds is 2. The van der Waals surface area contributed by atoms with Gasteiger partial charge >= 0.3 is 0 Å². The number of benzene rings is 1. The average Bonchev–Trinajstić information content (AvgIpc) is 2.47. The van der Waals surface area contributed by atoms with Crippen LogP contribution in [-0.4, -0.2) is 9.97 Å². The number of aryl methyl sites for hydroxylation is 2. The van der Waals surface area contributed by atoms with Crippen LogP contribution >= 0.6 is 0 Å². The minimum absolute atomic E-state index is 0.828. The first-order chi connectivity index (χ1) is 8.86. The van der Waals surface area contributed by atoms with Crippen molar-refractivity contribution in [2.75, 3.05) is 0 Å². The van der Waals surface area contributed by atoms with Crippen LogP contribution < -0.4 is 0 Å². The summed E-state index contributed by atoms with van der Waals surface area (Å²) in [6.45, 7) is 2.12. The van der Waals surface area contributed by atoms with E-state index in [0.29, 0.717) is 0 Å². The van der Waals surface area contributed by atoms with Gasteiger partial charge in [-0.3, -0.25) is 0 Å². The molecule has 1 radical (unpaired) electrons. The first kappa shape index (κ1) is 11.4. The molecule has 2 nitrogen and oxygen atoms in total. The summed E-state index contributed by atoms with van der Waals surface area (Å²) in [5.41, 5.74) is 5.12. The lowest BCUT2D eigenvalue weighted by Gasteiger charge is -2.15. The van der Waals surface area contributed by atoms with Gasteiger partial charge in [-0.15, -0.1) is 0 Å². The van der Waals surface area contributed by atoms with Crippen LogP contribution in [0.3, 0.4) is 0 Å². The Morgan fingerprint density at radius 1 is 1.17 bits per heavy atom. The Labute approximate surface area is 108 Å². The maximum atomic E-state index is 4.44. The van der Waals surface area contributed by atoms with Crippen molar-refractivity contribution in [2.24, 2.45) is 0 Å². The SMILES string of the molecule is CCc1cnc(-c2ccc3c(c2)[CH]CCC3)nc1. The Morgan fingerprint density at radius 2 is 2.00 bits per heavy atom. The molecule has 0 saturated heterocycles. The molecule has 0 saturated carbocycles. The predicted octanol–water partition coefficient (Wildman–Crippen LogP) is 3.59. The number of hydrogen-bond acceptors (Lipinski definition) is 2. The maximum Gasteiger partial charge on any atom is 0.159 e. The lowest BCUT2D eigenvalue weighted by Crippen LogP contribution is -2.01. The normalized spacial score (nSPS) is 14.3. The van der Waals surface area contributed by atoms with Crippen molar-refractivity contribution in [3.05, 3.63) is 53.7 Å². The van der Waals surface area contributed by atoms with E-state index in [9.17, 15) is 0 Å². The molecule has 1 aliphatic carbocycles. The van der Waals surface area contributed by atoms with E-state index in [-0.39, 0.29) is 0 Å². The molecule has 0 aliphatic heterocycles. The Kier molecular flexibility index (Phi) is 3.09. The first-order valence-electron chi connectivity index (χ1n) is 6.64. The highest BCUT2D eigenvalue weighted by Gasteiger charge is 2.11. The lowest BCUT2D eigenvalue weighted by molar-refractivity contribution is 0.775. The molecule has 2 heteroatoms. The van der Waals surface area contributed by atoms with Gasteiger partial charge in [0, 0.05) is 18.0 Å². The van der Waals surface area contributed by atoms with Gasteiger partial charge in [-0.05, 0) is 54.9 Å². The third-order valence-electron chi connectivity index (χ3n) is 3.53. The van der Waals surface area contributed by atoms with Gasteiger partial charge in [0.2, 0.25) is 0 Å². The second kappa shape index (κ2) is 4.89. The zero-order valence-electron chi connectivity index (χ0n) is 10.7. The molecule has 0 N–H and O–H groups in total. The van der Waals surface area contributed by atoms with Crippen molar-refractivity contribution in [1.29, 1.82) is 0 Å². The van der Waals surface area contributed by atoms with Gasteiger partial charge < -0.3 is 0 Å². The summed E-state index contributed by atoms with van der Waals surface area (Å²) in [5, 5.41) is 0. The number of aromatic nitrogens is 2. The molecule has 0 bridgehead atoms. The molecule has 91 valence electrons. The van der Waals surface area contributed by atoms with Gasteiger partial charge in [0.15, 0.2) is 5.82 Å². The largest absolute Gasteiger partial charge is 0.236 e. The van der Waals surface area contributed by atoms with Crippen molar-refractivity contribution in [3.63, 3.8) is 0 Å². The fourth-order valence-corrected chi connectivity index (χ4v) is 2.39. The van der Waals surface area contributed by atoms with Crippen LogP contribution in [0.4, 0.5) is 0 Å². The lowest BCUT2D eigenvalue weighted by atomic mass is 9.90. The molecule has 1 aromatic carbocycles. The molecular formula is C16H17N2. The summed E-state index contributed by atoms with van der Waals surface area (Å²) < 4.78 is 0. The first-order valence-corrected chi connectivity index (χ1v) is 6.64. The van der Waals surface area contributed by atoms with E-state index in [4.69, 9.17) is 0 Å². The monoisotopic (exact) mass is 237 g/mol. The third-order valence-corrected chi connectivity index (χ3v) is 3.53. The van der Waals surface area contributed by atoms with E-state index in [1.807, 2.05) is 12.4 Å². The second-order valence-electron chi connectivity index (χ2n) is 4.78. The van der Waals surface area contributed by atoms with Crippen molar-refractivity contribution >= 4 is 0 Å². The molecule has 18 heavy (non-hydrogen) atoms. The Bertz CT molecular complexity index is 544. The van der Waals surface area contributed by atoms with Gasteiger partial charge in [0.05, 0.1) is 0 Å². The molecule has 0 amide bonds. The van der Waals surface area contributed by atoms with Crippen LogP contribution in [-0.2, 0) is 12.8 Å². The van der Waals surface area contributed by atoms with Crippen LogP contribution in [0.15, 0.2) is 30.6 Å². The highest BCUT2D eigenvalue weighted by Crippen LogP contribution is 2.26. The van der Waals surface area contributed by atoms with E-state index in [1.54, 1.807) is 0 Å². The Morgan fingerprint density at radius 3 is 2.78 bits per heavy atom. The third kappa shape index (κ3) is 2.15. The molecule has 2 aromatic rings. The molecule has 1 aliphatic rings. The molecule has 0 atom stereocenters. The average molecular weight is 237 g/mol. The minimum atomic E-state index is 0.828. The van der Waals surface area contributed by atoms with Crippen LogP contribution in [0.1, 0.15) is 36.5 Å². The van der Waals surface area contributed by atoms with Crippen molar-refractivity contribution < 1.29 is 0 Å². The number of nitrogens with zero attached hydrogens (tertiary/aromatic N) is 2. The zero-order chi connectivity index (χ0) is 12.4. The van der Waals surface area contributed by atoms with Crippen LogP contribution in [0.25, 0.3) is 11.4 Å². The van der Waals surface area contributed by atoms with Crippen LogP contribution in [0.5, 0.6) is 0 Å². The summed E-state index contributed by atoms with van der Waals surface area (Å²) in [5.74, 6) is 0.828. The van der Waals surface area contributed by atoms with Crippen molar-refractivity contribution in [1.82, 2.24) is 9.97 Å².